The number of carbonyl (C=O) groups is 2. The van der Waals surface area contributed by atoms with Crippen LogP contribution in [-0.2, 0) is 9.53 Å². The van der Waals surface area contributed by atoms with E-state index in [1.54, 1.807) is 19.1 Å². The van der Waals surface area contributed by atoms with Gasteiger partial charge in [-0.05, 0) is 56.5 Å². The van der Waals surface area contributed by atoms with E-state index < -0.39 is 18.0 Å². The molecule has 0 aromatic heterocycles. The van der Waals surface area contributed by atoms with Gasteiger partial charge in [0.1, 0.15) is 5.75 Å². The highest BCUT2D eigenvalue weighted by Crippen LogP contribution is 2.21. The van der Waals surface area contributed by atoms with E-state index in [4.69, 9.17) is 4.74 Å². The van der Waals surface area contributed by atoms with Gasteiger partial charge in [-0.15, -0.1) is 0 Å². The van der Waals surface area contributed by atoms with E-state index in [2.05, 4.69) is 5.32 Å². The zero-order valence-corrected chi connectivity index (χ0v) is 14.2. The number of aromatic hydroxyl groups is 1. The lowest BCUT2D eigenvalue weighted by Crippen LogP contribution is -2.30. The van der Waals surface area contributed by atoms with Crippen LogP contribution >= 0.6 is 0 Å². The van der Waals surface area contributed by atoms with Crippen LogP contribution in [0.1, 0.15) is 34.0 Å². The SMILES string of the molecule is Cc1ccc(C(=O)O[C@@H](C)C(=O)Nc2c(C)cccc2C)cc1O. The molecule has 0 heterocycles. The number of hydrogen-bond donors (Lipinski definition) is 2. The van der Waals surface area contributed by atoms with Gasteiger partial charge in [0.05, 0.1) is 5.56 Å². The van der Waals surface area contributed by atoms with Crippen LogP contribution in [0.25, 0.3) is 0 Å². The number of anilines is 1. The highest BCUT2D eigenvalue weighted by atomic mass is 16.5. The van der Waals surface area contributed by atoms with Gasteiger partial charge >= 0.3 is 5.97 Å². The monoisotopic (exact) mass is 327 g/mol. The fourth-order valence-corrected chi connectivity index (χ4v) is 2.25. The number of rotatable bonds is 4. The van der Waals surface area contributed by atoms with Crippen molar-refractivity contribution in [3.05, 3.63) is 58.7 Å². The minimum absolute atomic E-state index is 0.0112. The van der Waals surface area contributed by atoms with E-state index in [1.807, 2.05) is 32.0 Å². The van der Waals surface area contributed by atoms with Gasteiger partial charge in [0.25, 0.3) is 5.91 Å². The number of nitrogens with one attached hydrogen (secondary N) is 1. The second kappa shape index (κ2) is 7.17. The molecule has 0 aliphatic rings. The summed E-state index contributed by atoms with van der Waals surface area (Å²) in [6.45, 7) is 7.03. The molecule has 2 rings (SSSR count). The van der Waals surface area contributed by atoms with E-state index >= 15 is 0 Å². The minimum Gasteiger partial charge on any atom is -0.508 e. The number of carbonyl (C=O) groups excluding carboxylic acids is 2. The summed E-state index contributed by atoms with van der Waals surface area (Å²) in [5, 5.41) is 12.5. The predicted molar refractivity (Wildman–Crippen MR) is 92.3 cm³/mol. The summed E-state index contributed by atoms with van der Waals surface area (Å²) in [6.07, 6.45) is -0.958. The molecule has 5 heteroatoms. The molecule has 2 N–H and O–H groups in total. The number of phenolic OH excluding ortho intramolecular Hbond substituents is 1. The molecule has 2 aromatic carbocycles. The summed E-state index contributed by atoms with van der Waals surface area (Å²) in [5.41, 5.74) is 3.45. The summed E-state index contributed by atoms with van der Waals surface area (Å²) >= 11 is 0. The molecule has 0 spiro atoms. The fourth-order valence-electron chi connectivity index (χ4n) is 2.25. The molecular formula is C19H21NO4. The highest BCUT2D eigenvalue weighted by Gasteiger charge is 2.20. The van der Waals surface area contributed by atoms with E-state index in [9.17, 15) is 14.7 Å². The number of ether oxygens (including phenoxy) is 1. The zero-order chi connectivity index (χ0) is 17.9. The molecule has 1 amide bonds. The first kappa shape index (κ1) is 17.5. The van der Waals surface area contributed by atoms with Crippen molar-refractivity contribution in [2.45, 2.75) is 33.8 Å². The van der Waals surface area contributed by atoms with Crippen LogP contribution in [0.5, 0.6) is 5.75 Å². The van der Waals surface area contributed by atoms with Gasteiger partial charge in [-0.25, -0.2) is 4.79 Å². The Kier molecular flexibility index (Phi) is 5.24. The van der Waals surface area contributed by atoms with Crippen LogP contribution in [0.15, 0.2) is 36.4 Å². The Morgan fingerprint density at radius 2 is 1.67 bits per heavy atom. The maximum Gasteiger partial charge on any atom is 0.339 e. The number of phenols is 1. The predicted octanol–water partition coefficient (Wildman–Crippen LogP) is 3.50. The van der Waals surface area contributed by atoms with Crippen molar-refractivity contribution in [1.82, 2.24) is 0 Å². The van der Waals surface area contributed by atoms with Crippen molar-refractivity contribution in [3.63, 3.8) is 0 Å². The van der Waals surface area contributed by atoms with Crippen LogP contribution in [-0.4, -0.2) is 23.1 Å². The average molecular weight is 327 g/mol. The largest absolute Gasteiger partial charge is 0.508 e. The summed E-state index contributed by atoms with van der Waals surface area (Å²) in [6, 6.07) is 10.2. The third-order valence-electron chi connectivity index (χ3n) is 3.83. The molecule has 126 valence electrons. The van der Waals surface area contributed by atoms with Crippen LogP contribution < -0.4 is 5.32 Å². The Morgan fingerprint density at radius 3 is 2.25 bits per heavy atom. The lowest BCUT2D eigenvalue weighted by Gasteiger charge is -2.16. The lowest BCUT2D eigenvalue weighted by atomic mass is 10.1. The van der Waals surface area contributed by atoms with Gasteiger partial charge in [0.2, 0.25) is 0 Å². The van der Waals surface area contributed by atoms with E-state index in [0.717, 1.165) is 16.8 Å². The Hall–Kier alpha value is -2.82. The van der Waals surface area contributed by atoms with Crippen molar-refractivity contribution < 1.29 is 19.4 Å². The number of para-hydroxylation sites is 1. The van der Waals surface area contributed by atoms with E-state index in [-0.39, 0.29) is 11.3 Å². The third kappa shape index (κ3) is 3.93. The number of esters is 1. The second-order valence-corrected chi connectivity index (χ2v) is 5.80. The molecule has 0 saturated carbocycles. The fraction of sp³-hybridized carbons (Fsp3) is 0.263. The highest BCUT2D eigenvalue weighted by molar-refractivity contribution is 5.98. The molecule has 0 bridgehead atoms. The zero-order valence-electron chi connectivity index (χ0n) is 14.2. The standard InChI is InChI=1S/C19H21NO4/c1-11-8-9-15(10-16(11)21)19(23)24-14(4)18(22)20-17-12(2)6-5-7-13(17)3/h5-10,14,21H,1-4H3,(H,20,22)/t14-/m0/s1. The normalized spacial score (nSPS) is 11.7. The number of amides is 1. The molecule has 1 atom stereocenters. The summed E-state index contributed by atoms with van der Waals surface area (Å²) in [5.74, 6) is -1.05. The lowest BCUT2D eigenvalue weighted by molar-refractivity contribution is -0.123. The summed E-state index contributed by atoms with van der Waals surface area (Å²) < 4.78 is 5.18. The van der Waals surface area contributed by atoms with E-state index in [1.165, 1.54) is 13.0 Å². The number of benzene rings is 2. The van der Waals surface area contributed by atoms with E-state index in [0.29, 0.717) is 5.56 Å². The van der Waals surface area contributed by atoms with Crippen molar-refractivity contribution in [1.29, 1.82) is 0 Å². The summed E-state index contributed by atoms with van der Waals surface area (Å²) in [4.78, 5) is 24.4. The van der Waals surface area contributed by atoms with Gasteiger partial charge in [0, 0.05) is 5.69 Å². The third-order valence-corrected chi connectivity index (χ3v) is 3.83. The molecule has 0 radical (unpaired) electrons. The average Bonchev–Trinajstić information content (AvgIpc) is 2.53. The Bertz CT molecular complexity index is 763. The molecule has 0 unspecified atom stereocenters. The molecule has 0 fully saturated rings. The molecule has 5 nitrogen and oxygen atoms in total. The molecule has 2 aromatic rings. The van der Waals surface area contributed by atoms with Gasteiger partial charge < -0.3 is 15.2 Å². The van der Waals surface area contributed by atoms with Crippen molar-refractivity contribution in [3.8, 4) is 5.75 Å². The van der Waals surface area contributed by atoms with Gasteiger partial charge in [-0.1, -0.05) is 24.3 Å². The Morgan fingerprint density at radius 1 is 1.04 bits per heavy atom. The van der Waals surface area contributed by atoms with Gasteiger partial charge in [-0.3, -0.25) is 4.79 Å². The number of aryl methyl sites for hydroxylation is 3. The van der Waals surface area contributed by atoms with Gasteiger partial charge in [0.15, 0.2) is 6.10 Å². The van der Waals surface area contributed by atoms with Crippen LogP contribution in [0, 0.1) is 20.8 Å². The summed E-state index contributed by atoms with van der Waals surface area (Å²) in [7, 11) is 0. The topological polar surface area (TPSA) is 75.6 Å². The van der Waals surface area contributed by atoms with Crippen LogP contribution in [0.2, 0.25) is 0 Å². The quantitative estimate of drug-likeness (QED) is 0.843. The molecule has 0 aliphatic carbocycles. The van der Waals surface area contributed by atoms with Crippen LogP contribution in [0.4, 0.5) is 5.69 Å². The smallest absolute Gasteiger partial charge is 0.339 e. The molecule has 0 saturated heterocycles. The maximum atomic E-state index is 12.3. The molecule has 24 heavy (non-hydrogen) atoms. The first-order valence-electron chi connectivity index (χ1n) is 7.67. The minimum atomic E-state index is -0.958. The molecule has 0 aliphatic heterocycles. The first-order valence-corrected chi connectivity index (χ1v) is 7.67. The van der Waals surface area contributed by atoms with Crippen molar-refractivity contribution in [2.24, 2.45) is 0 Å². The van der Waals surface area contributed by atoms with Crippen molar-refractivity contribution in [2.75, 3.05) is 5.32 Å². The van der Waals surface area contributed by atoms with Crippen molar-refractivity contribution >= 4 is 17.6 Å². The number of hydrogen-bond acceptors (Lipinski definition) is 4. The Balaban J connectivity index is 2.05. The first-order chi connectivity index (χ1) is 11.3. The second-order valence-electron chi connectivity index (χ2n) is 5.80. The Labute approximate surface area is 141 Å². The maximum absolute atomic E-state index is 12.3. The molecular weight excluding hydrogens is 306 g/mol. The van der Waals surface area contributed by atoms with Crippen LogP contribution in [0.3, 0.4) is 0 Å². The van der Waals surface area contributed by atoms with Gasteiger partial charge in [-0.2, -0.15) is 0 Å².